The van der Waals surface area contributed by atoms with Gasteiger partial charge in [0.25, 0.3) is 0 Å². The number of fused-ring (bicyclic) bond motifs is 1. The van der Waals surface area contributed by atoms with Gasteiger partial charge in [0, 0.05) is 11.9 Å². The highest BCUT2D eigenvalue weighted by molar-refractivity contribution is 5.89. The standard InChI is InChI=1S/C14H20N4/c1-10(2)6-5-9-16-13-11-7-3-4-8-12(11)17-14(15)18-13/h3-4,7-8,10H,5-6,9H2,1-2H3,(H3,15,16,17,18). The largest absolute Gasteiger partial charge is 0.369 e. The van der Waals surface area contributed by atoms with Gasteiger partial charge < -0.3 is 11.1 Å². The molecule has 0 atom stereocenters. The van der Waals surface area contributed by atoms with Gasteiger partial charge in [-0.05, 0) is 30.9 Å². The van der Waals surface area contributed by atoms with Crippen LogP contribution in [0.5, 0.6) is 0 Å². The summed E-state index contributed by atoms with van der Waals surface area (Å²) in [6.07, 6.45) is 2.35. The highest BCUT2D eigenvalue weighted by Gasteiger charge is 2.04. The Balaban J connectivity index is 2.12. The first-order valence-corrected chi connectivity index (χ1v) is 6.43. The van der Waals surface area contributed by atoms with E-state index in [4.69, 9.17) is 5.73 Å². The van der Waals surface area contributed by atoms with Crippen LogP contribution in [0, 0.1) is 5.92 Å². The van der Waals surface area contributed by atoms with Crippen molar-refractivity contribution in [2.24, 2.45) is 5.92 Å². The number of hydrogen-bond acceptors (Lipinski definition) is 4. The zero-order valence-electron chi connectivity index (χ0n) is 11.0. The van der Waals surface area contributed by atoms with Gasteiger partial charge in [0.15, 0.2) is 0 Å². The molecule has 4 nitrogen and oxygen atoms in total. The lowest BCUT2D eigenvalue weighted by molar-refractivity contribution is 0.567. The van der Waals surface area contributed by atoms with Crippen molar-refractivity contribution in [3.63, 3.8) is 0 Å². The van der Waals surface area contributed by atoms with Crippen LogP contribution in [0.1, 0.15) is 26.7 Å². The molecule has 0 aliphatic carbocycles. The van der Waals surface area contributed by atoms with Gasteiger partial charge >= 0.3 is 0 Å². The maximum atomic E-state index is 5.71. The molecule has 0 radical (unpaired) electrons. The van der Waals surface area contributed by atoms with E-state index in [0.717, 1.165) is 35.6 Å². The molecule has 0 amide bonds. The van der Waals surface area contributed by atoms with E-state index in [1.165, 1.54) is 6.42 Å². The zero-order chi connectivity index (χ0) is 13.0. The van der Waals surface area contributed by atoms with Crippen LogP contribution in [-0.4, -0.2) is 16.5 Å². The molecule has 3 N–H and O–H groups in total. The SMILES string of the molecule is CC(C)CCCNc1nc(N)nc2ccccc12. The van der Waals surface area contributed by atoms with Crippen molar-refractivity contribution in [3.05, 3.63) is 24.3 Å². The Morgan fingerprint density at radius 2 is 2.00 bits per heavy atom. The first-order chi connectivity index (χ1) is 8.66. The molecule has 2 rings (SSSR count). The number of nitrogens with zero attached hydrogens (tertiary/aromatic N) is 2. The number of para-hydroxylation sites is 1. The summed E-state index contributed by atoms with van der Waals surface area (Å²) in [6, 6.07) is 7.91. The smallest absolute Gasteiger partial charge is 0.222 e. The summed E-state index contributed by atoms with van der Waals surface area (Å²) < 4.78 is 0. The van der Waals surface area contributed by atoms with Crippen molar-refractivity contribution in [3.8, 4) is 0 Å². The third-order valence-corrected chi connectivity index (χ3v) is 2.87. The second kappa shape index (κ2) is 5.67. The average molecular weight is 244 g/mol. The molecular weight excluding hydrogens is 224 g/mol. The van der Waals surface area contributed by atoms with Gasteiger partial charge in [0.05, 0.1) is 5.52 Å². The summed E-state index contributed by atoms with van der Waals surface area (Å²) in [5, 5.41) is 4.38. The number of nitrogens with one attached hydrogen (secondary N) is 1. The molecule has 1 heterocycles. The Bertz CT molecular complexity index is 522. The fraction of sp³-hybridized carbons (Fsp3) is 0.429. The Morgan fingerprint density at radius 3 is 2.78 bits per heavy atom. The van der Waals surface area contributed by atoms with Gasteiger partial charge in [-0.1, -0.05) is 26.0 Å². The third-order valence-electron chi connectivity index (χ3n) is 2.87. The monoisotopic (exact) mass is 244 g/mol. The number of benzene rings is 1. The van der Waals surface area contributed by atoms with Crippen LogP contribution >= 0.6 is 0 Å². The van der Waals surface area contributed by atoms with E-state index in [9.17, 15) is 0 Å². The molecule has 1 aromatic carbocycles. The van der Waals surface area contributed by atoms with E-state index < -0.39 is 0 Å². The van der Waals surface area contributed by atoms with Crippen molar-refractivity contribution in [1.82, 2.24) is 9.97 Å². The van der Waals surface area contributed by atoms with Gasteiger partial charge in [-0.25, -0.2) is 4.98 Å². The summed E-state index contributed by atoms with van der Waals surface area (Å²) in [5.41, 5.74) is 6.60. The van der Waals surface area contributed by atoms with E-state index in [2.05, 4.69) is 29.1 Å². The van der Waals surface area contributed by atoms with Crippen LogP contribution in [0.4, 0.5) is 11.8 Å². The molecule has 0 aliphatic heterocycles. The van der Waals surface area contributed by atoms with Gasteiger partial charge in [0.1, 0.15) is 5.82 Å². The van der Waals surface area contributed by atoms with E-state index >= 15 is 0 Å². The normalized spacial score (nSPS) is 11.1. The van der Waals surface area contributed by atoms with Gasteiger partial charge in [0.2, 0.25) is 5.95 Å². The van der Waals surface area contributed by atoms with E-state index in [1.807, 2.05) is 24.3 Å². The van der Waals surface area contributed by atoms with Crippen LogP contribution in [0.25, 0.3) is 10.9 Å². The molecule has 2 aromatic rings. The Morgan fingerprint density at radius 1 is 1.22 bits per heavy atom. The van der Waals surface area contributed by atoms with Gasteiger partial charge in [-0.2, -0.15) is 4.98 Å². The molecule has 0 saturated carbocycles. The van der Waals surface area contributed by atoms with Gasteiger partial charge in [-0.15, -0.1) is 0 Å². The maximum absolute atomic E-state index is 5.71. The second-order valence-corrected chi connectivity index (χ2v) is 4.91. The molecule has 96 valence electrons. The molecule has 0 bridgehead atoms. The van der Waals surface area contributed by atoms with Crippen molar-refractivity contribution in [1.29, 1.82) is 0 Å². The number of nitrogen functional groups attached to an aromatic ring is 1. The molecular formula is C14H20N4. The van der Waals surface area contributed by atoms with Crippen LogP contribution in [0.3, 0.4) is 0 Å². The van der Waals surface area contributed by atoms with Crippen molar-refractivity contribution in [2.45, 2.75) is 26.7 Å². The minimum Gasteiger partial charge on any atom is -0.369 e. The first-order valence-electron chi connectivity index (χ1n) is 6.43. The zero-order valence-corrected chi connectivity index (χ0v) is 11.0. The summed E-state index contributed by atoms with van der Waals surface area (Å²) >= 11 is 0. The molecule has 4 heteroatoms. The Kier molecular flexibility index (Phi) is 3.97. The average Bonchev–Trinajstić information content (AvgIpc) is 2.34. The number of aromatic nitrogens is 2. The summed E-state index contributed by atoms with van der Waals surface area (Å²) in [7, 11) is 0. The predicted molar refractivity (Wildman–Crippen MR) is 76.5 cm³/mol. The molecule has 0 saturated heterocycles. The fourth-order valence-corrected chi connectivity index (χ4v) is 1.95. The Labute approximate surface area is 108 Å². The minimum atomic E-state index is 0.319. The lowest BCUT2D eigenvalue weighted by Crippen LogP contribution is -2.07. The van der Waals surface area contributed by atoms with E-state index in [-0.39, 0.29) is 0 Å². The van der Waals surface area contributed by atoms with E-state index in [0.29, 0.717) is 5.95 Å². The molecule has 0 fully saturated rings. The predicted octanol–water partition coefficient (Wildman–Crippen LogP) is 3.06. The maximum Gasteiger partial charge on any atom is 0.222 e. The lowest BCUT2D eigenvalue weighted by atomic mass is 10.1. The quantitative estimate of drug-likeness (QED) is 0.793. The van der Waals surface area contributed by atoms with E-state index in [1.54, 1.807) is 0 Å². The molecule has 0 aliphatic rings. The van der Waals surface area contributed by atoms with Crippen LogP contribution in [0.15, 0.2) is 24.3 Å². The molecule has 18 heavy (non-hydrogen) atoms. The van der Waals surface area contributed by atoms with Crippen LogP contribution in [0.2, 0.25) is 0 Å². The third kappa shape index (κ3) is 3.09. The number of rotatable bonds is 5. The highest BCUT2D eigenvalue weighted by Crippen LogP contribution is 2.20. The fourth-order valence-electron chi connectivity index (χ4n) is 1.95. The summed E-state index contributed by atoms with van der Waals surface area (Å²) in [6.45, 7) is 5.38. The summed E-state index contributed by atoms with van der Waals surface area (Å²) in [5.74, 6) is 1.89. The van der Waals surface area contributed by atoms with Crippen LogP contribution in [-0.2, 0) is 0 Å². The molecule has 0 spiro atoms. The Hall–Kier alpha value is -1.84. The van der Waals surface area contributed by atoms with Crippen molar-refractivity contribution >= 4 is 22.7 Å². The van der Waals surface area contributed by atoms with Gasteiger partial charge in [-0.3, -0.25) is 0 Å². The highest BCUT2D eigenvalue weighted by atomic mass is 15.1. The lowest BCUT2D eigenvalue weighted by Gasteiger charge is -2.10. The van der Waals surface area contributed by atoms with Crippen LogP contribution < -0.4 is 11.1 Å². The second-order valence-electron chi connectivity index (χ2n) is 4.91. The summed E-state index contributed by atoms with van der Waals surface area (Å²) in [4.78, 5) is 8.49. The number of anilines is 2. The molecule has 0 unspecified atom stereocenters. The molecule has 1 aromatic heterocycles. The van der Waals surface area contributed by atoms with Crippen molar-refractivity contribution in [2.75, 3.05) is 17.6 Å². The first kappa shape index (κ1) is 12.6. The number of nitrogens with two attached hydrogens (primary N) is 1. The topological polar surface area (TPSA) is 63.8 Å². The van der Waals surface area contributed by atoms with Crippen molar-refractivity contribution < 1.29 is 0 Å². The number of hydrogen-bond donors (Lipinski definition) is 2. The minimum absolute atomic E-state index is 0.319.